The Labute approximate surface area is 184 Å². The molecule has 0 atom stereocenters. The largest absolute Gasteiger partial charge is 0.404 e. The second kappa shape index (κ2) is 8.61. The molecule has 1 fully saturated rings. The second-order valence-corrected chi connectivity index (χ2v) is 15.6. The molecule has 30 heavy (non-hydrogen) atoms. The summed E-state index contributed by atoms with van der Waals surface area (Å²) < 4.78 is 7.02. The first kappa shape index (κ1) is 23.2. The predicted octanol–water partition coefficient (Wildman–Crippen LogP) is 5.53. The van der Waals surface area contributed by atoms with Crippen molar-refractivity contribution in [3.8, 4) is 0 Å². The molecular weight excluding hydrogens is 384 g/mol. The third-order valence-corrected chi connectivity index (χ3v) is 12.1. The summed E-state index contributed by atoms with van der Waals surface area (Å²) in [5.74, 6) is 0.672. The number of rotatable bonds is 5. The molecule has 2 aromatic carbocycles. The molecule has 0 saturated heterocycles. The van der Waals surface area contributed by atoms with E-state index in [0.717, 1.165) is 25.7 Å². The number of hydrogen-bond donors (Lipinski definition) is 1. The monoisotopic (exact) mass is 424 g/mol. The Kier molecular flexibility index (Phi) is 6.67. The van der Waals surface area contributed by atoms with Crippen LogP contribution in [-0.4, -0.2) is 25.6 Å². The predicted molar refractivity (Wildman–Crippen MR) is 130 cm³/mol. The van der Waals surface area contributed by atoms with Crippen LogP contribution < -0.4 is 10.4 Å². The molecule has 2 nitrogen and oxygen atoms in total. The van der Waals surface area contributed by atoms with Crippen LogP contribution in [0.2, 0.25) is 5.04 Å². The van der Waals surface area contributed by atoms with Gasteiger partial charge in [0.2, 0.25) is 0 Å². The van der Waals surface area contributed by atoms with Crippen molar-refractivity contribution in [3.05, 3.63) is 60.7 Å². The van der Waals surface area contributed by atoms with Gasteiger partial charge in [0.1, 0.15) is 0 Å². The third kappa shape index (κ3) is 4.74. The highest BCUT2D eigenvalue weighted by atomic mass is 28.4. The van der Waals surface area contributed by atoms with Crippen LogP contribution in [0.1, 0.15) is 67.2 Å². The van der Waals surface area contributed by atoms with E-state index < -0.39 is 13.9 Å². The minimum Gasteiger partial charge on any atom is -0.404 e. The molecule has 0 aliphatic heterocycles. The smallest absolute Gasteiger partial charge is 0.261 e. The Balaban J connectivity index is 1.93. The van der Waals surface area contributed by atoms with Crippen LogP contribution in [0.15, 0.2) is 60.7 Å². The topological polar surface area (TPSA) is 29.5 Å². The highest BCUT2D eigenvalue weighted by Gasteiger charge is 2.51. The Morgan fingerprint density at radius 3 is 1.63 bits per heavy atom. The zero-order valence-electron chi connectivity index (χ0n) is 19.7. The minimum atomic E-state index is -2.59. The summed E-state index contributed by atoms with van der Waals surface area (Å²) in [5, 5.41) is 14.0. The van der Waals surface area contributed by atoms with E-state index in [1.807, 2.05) is 0 Å². The highest BCUT2D eigenvalue weighted by molar-refractivity contribution is 6.99. The number of aliphatic hydroxyl groups is 1. The van der Waals surface area contributed by atoms with Gasteiger partial charge in [-0.2, -0.15) is 0 Å². The van der Waals surface area contributed by atoms with E-state index >= 15 is 0 Å². The Bertz CT molecular complexity index is 755. The van der Waals surface area contributed by atoms with Crippen LogP contribution in [0.4, 0.5) is 0 Å². The van der Waals surface area contributed by atoms with Gasteiger partial charge in [-0.05, 0) is 52.4 Å². The van der Waals surface area contributed by atoms with E-state index in [9.17, 15) is 5.11 Å². The van der Waals surface area contributed by atoms with E-state index in [4.69, 9.17) is 4.43 Å². The molecule has 1 aliphatic carbocycles. The van der Waals surface area contributed by atoms with Crippen molar-refractivity contribution in [2.24, 2.45) is 11.3 Å². The van der Waals surface area contributed by atoms with Gasteiger partial charge in [0.15, 0.2) is 0 Å². The third-order valence-electron chi connectivity index (χ3n) is 7.12. The van der Waals surface area contributed by atoms with E-state index in [1.165, 1.54) is 10.4 Å². The molecule has 2 aromatic rings. The number of benzene rings is 2. The molecule has 0 aromatic heterocycles. The molecule has 1 aliphatic rings. The lowest BCUT2D eigenvalue weighted by Gasteiger charge is -2.46. The molecule has 0 bridgehead atoms. The van der Waals surface area contributed by atoms with Gasteiger partial charge in [-0.1, -0.05) is 102 Å². The van der Waals surface area contributed by atoms with Gasteiger partial charge < -0.3 is 9.53 Å². The van der Waals surface area contributed by atoms with Crippen molar-refractivity contribution in [2.75, 3.05) is 6.61 Å². The quantitative estimate of drug-likeness (QED) is 0.640. The average molecular weight is 425 g/mol. The lowest BCUT2D eigenvalue weighted by molar-refractivity contribution is -0.0575. The molecule has 0 spiro atoms. The van der Waals surface area contributed by atoms with Gasteiger partial charge in [0, 0.05) is 0 Å². The van der Waals surface area contributed by atoms with Crippen molar-refractivity contribution in [1.82, 2.24) is 0 Å². The van der Waals surface area contributed by atoms with E-state index in [1.54, 1.807) is 0 Å². The van der Waals surface area contributed by atoms with Crippen LogP contribution in [0.3, 0.4) is 0 Å². The molecule has 0 unspecified atom stereocenters. The zero-order chi connectivity index (χ0) is 22.0. The molecule has 1 saturated carbocycles. The fourth-order valence-electron chi connectivity index (χ4n) is 5.17. The van der Waals surface area contributed by atoms with Crippen LogP contribution in [-0.2, 0) is 4.43 Å². The van der Waals surface area contributed by atoms with E-state index in [-0.39, 0.29) is 5.04 Å². The lowest BCUT2D eigenvalue weighted by atomic mass is 9.68. The molecule has 0 radical (unpaired) electrons. The van der Waals surface area contributed by atoms with Gasteiger partial charge >= 0.3 is 0 Å². The first-order valence-electron chi connectivity index (χ1n) is 11.5. The van der Waals surface area contributed by atoms with Crippen molar-refractivity contribution in [3.63, 3.8) is 0 Å². The van der Waals surface area contributed by atoms with Crippen LogP contribution >= 0.6 is 0 Å². The van der Waals surface area contributed by atoms with Crippen LogP contribution in [0, 0.1) is 11.3 Å². The maximum absolute atomic E-state index is 11.5. The van der Waals surface area contributed by atoms with Gasteiger partial charge in [0.05, 0.1) is 12.2 Å². The molecule has 1 N–H and O–H groups in total. The summed E-state index contributed by atoms with van der Waals surface area (Å²) in [5.41, 5.74) is -0.422. The van der Waals surface area contributed by atoms with Gasteiger partial charge in [-0.15, -0.1) is 0 Å². The first-order chi connectivity index (χ1) is 14.0. The second-order valence-electron chi connectivity index (χ2n) is 11.3. The normalized spacial score (nSPS) is 23.4. The van der Waals surface area contributed by atoms with E-state index in [0.29, 0.717) is 17.9 Å². The summed E-state index contributed by atoms with van der Waals surface area (Å²) in [6.45, 7) is 14.2. The molecule has 0 heterocycles. The standard InChI is InChI=1S/C27H40O2Si/c1-25(2,3)22-17-19-27(28,20-18-22)21-29-30(26(4,5)6,23-13-9-7-10-14-23)24-15-11-8-12-16-24/h7-16,22,28H,17-21H2,1-6H3. The summed E-state index contributed by atoms with van der Waals surface area (Å²) >= 11 is 0. The first-order valence-corrected chi connectivity index (χ1v) is 13.4. The van der Waals surface area contributed by atoms with E-state index in [2.05, 4.69) is 102 Å². The van der Waals surface area contributed by atoms with Crippen molar-refractivity contribution in [2.45, 2.75) is 77.9 Å². The fraction of sp³-hybridized carbons (Fsp3) is 0.556. The summed E-state index contributed by atoms with van der Waals surface area (Å²) in [4.78, 5) is 0. The zero-order valence-corrected chi connectivity index (χ0v) is 20.7. The van der Waals surface area contributed by atoms with Gasteiger partial charge in [0.25, 0.3) is 8.32 Å². The SMILES string of the molecule is CC(C)(C)C1CCC(O)(CO[Si](c2ccccc2)(c2ccccc2)C(C)(C)C)CC1. The Morgan fingerprint density at radius 1 is 0.833 bits per heavy atom. The van der Waals surface area contributed by atoms with Gasteiger partial charge in [-0.3, -0.25) is 0 Å². The molecule has 0 amide bonds. The highest BCUT2D eigenvalue weighted by Crippen LogP contribution is 2.43. The van der Waals surface area contributed by atoms with Crippen LogP contribution in [0.5, 0.6) is 0 Å². The number of hydrogen-bond acceptors (Lipinski definition) is 2. The molecule has 3 rings (SSSR count). The summed E-state index contributed by atoms with van der Waals surface area (Å²) in [6, 6.07) is 21.4. The maximum atomic E-state index is 11.5. The molecular formula is C27H40O2Si. The van der Waals surface area contributed by atoms with Gasteiger partial charge in [-0.25, -0.2) is 0 Å². The average Bonchev–Trinajstić information content (AvgIpc) is 2.69. The van der Waals surface area contributed by atoms with Crippen molar-refractivity contribution >= 4 is 18.7 Å². The summed E-state index contributed by atoms with van der Waals surface area (Å²) in [6.07, 6.45) is 3.80. The van der Waals surface area contributed by atoms with Crippen molar-refractivity contribution < 1.29 is 9.53 Å². The molecule has 3 heteroatoms. The minimum absolute atomic E-state index is 0.0608. The fourth-order valence-corrected chi connectivity index (χ4v) is 9.81. The summed E-state index contributed by atoms with van der Waals surface area (Å²) in [7, 11) is -2.59. The maximum Gasteiger partial charge on any atom is 0.261 e. The lowest BCUT2D eigenvalue weighted by Crippen LogP contribution is -2.67. The van der Waals surface area contributed by atoms with Crippen molar-refractivity contribution in [1.29, 1.82) is 0 Å². The molecule has 164 valence electrons. The Morgan fingerprint density at radius 2 is 1.27 bits per heavy atom. The van der Waals surface area contributed by atoms with Crippen LogP contribution in [0.25, 0.3) is 0 Å². The Hall–Kier alpha value is -1.42.